The van der Waals surface area contributed by atoms with Gasteiger partial charge in [0.25, 0.3) is 5.91 Å². The number of hydrogen-bond acceptors (Lipinski definition) is 7. The monoisotopic (exact) mass is 471 g/mol. The number of carbonyl (C=O) groups excluding carboxylic acids is 3. The number of carbonyl (C=O) groups is 4. The number of furan rings is 1. The van der Waals surface area contributed by atoms with E-state index in [1.54, 1.807) is 24.3 Å². The van der Waals surface area contributed by atoms with Crippen LogP contribution in [0.2, 0.25) is 0 Å². The fourth-order valence-electron chi connectivity index (χ4n) is 4.38. The number of ketones is 1. The Labute approximate surface area is 194 Å². The van der Waals surface area contributed by atoms with Crippen molar-refractivity contribution >= 4 is 34.7 Å². The highest BCUT2D eigenvalue weighted by atomic mass is 16.4. The highest BCUT2D eigenvalue weighted by Crippen LogP contribution is 2.32. The Bertz CT molecular complexity index is 1130. The molecule has 0 unspecified atom stereocenters. The van der Waals surface area contributed by atoms with Gasteiger partial charge < -0.3 is 25.1 Å². The third-order valence-electron chi connectivity index (χ3n) is 6.07. The molecular formula is C23H25N3O8. The van der Waals surface area contributed by atoms with Crippen molar-refractivity contribution in [2.75, 3.05) is 13.1 Å². The molecular weight excluding hydrogens is 446 g/mol. The molecule has 1 aliphatic heterocycles. The molecule has 4 N–H and O–H groups in total. The number of rotatable bonds is 7. The van der Waals surface area contributed by atoms with Crippen LogP contribution >= 0.6 is 0 Å². The number of urea groups is 1. The molecule has 34 heavy (non-hydrogen) atoms. The molecule has 11 nitrogen and oxygen atoms in total. The van der Waals surface area contributed by atoms with E-state index in [1.165, 1.54) is 6.07 Å². The third-order valence-corrected chi connectivity index (χ3v) is 6.07. The van der Waals surface area contributed by atoms with E-state index in [1.807, 2.05) is 0 Å². The largest absolute Gasteiger partial charge is 0.494 e. The summed E-state index contributed by atoms with van der Waals surface area (Å²) in [6.45, 7) is -1.37. The van der Waals surface area contributed by atoms with E-state index < -0.39 is 60.5 Å². The van der Waals surface area contributed by atoms with Crippen molar-refractivity contribution in [1.82, 2.24) is 15.1 Å². The second-order valence-corrected chi connectivity index (χ2v) is 8.33. The molecule has 0 radical (unpaired) electrons. The van der Waals surface area contributed by atoms with E-state index in [4.69, 9.17) is 9.52 Å². The minimum atomic E-state index is -1.96. The first-order valence-electron chi connectivity index (χ1n) is 11.0. The van der Waals surface area contributed by atoms with Crippen molar-refractivity contribution in [3.63, 3.8) is 0 Å². The lowest BCUT2D eigenvalue weighted by atomic mass is 9.93. The van der Waals surface area contributed by atoms with E-state index in [-0.39, 0.29) is 5.76 Å². The predicted octanol–water partition coefficient (Wildman–Crippen LogP) is 1.97. The second-order valence-electron chi connectivity index (χ2n) is 8.33. The number of carboxylic acids is 1. The molecule has 0 saturated heterocycles. The van der Waals surface area contributed by atoms with Gasteiger partial charge in [0.2, 0.25) is 11.7 Å². The number of aliphatic hydroxyl groups is 2. The first-order chi connectivity index (χ1) is 16.3. The number of carboxylic acid groups (broad SMARTS) is 1. The van der Waals surface area contributed by atoms with Gasteiger partial charge in [0.15, 0.2) is 12.0 Å². The molecule has 0 spiro atoms. The summed E-state index contributed by atoms with van der Waals surface area (Å²) in [4.78, 5) is 51.6. The lowest BCUT2D eigenvalue weighted by molar-refractivity contribution is -0.137. The molecule has 180 valence electrons. The van der Waals surface area contributed by atoms with Crippen molar-refractivity contribution in [3.8, 4) is 0 Å². The van der Waals surface area contributed by atoms with Crippen LogP contribution in [0.5, 0.6) is 0 Å². The summed E-state index contributed by atoms with van der Waals surface area (Å²) in [5, 5.41) is 33.3. The molecule has 1 aromatic carbocycles. The highest BCUT2D eigenvalue weighted by molar-refractivity contribution is 6.02. The fraction of sp³-hybridized carbons (Fsp3) is 0.391. The van der Waals surface area contributed by atoms with Crippen molar-refractivity contribution in [1.29, 1.82) is 0 Å². The number of benzene rings is 1. The van der Waals surface area contributed by atoms with Crippen molar-refractivity contribution in [2.24, 2.45) is 0 Å². The quantitative estimate of drug-likeness (QED) is 0.446. The van der Waals surface area contributed by atoms with Crippen LogP contribution in [0.3, 0.4) is 0 Å². The van der Waals surface area contributed by atoms with E-state index in [2.05, 4.69) is 5.32 Å². The van der Waals surface area contributed by atoms with Gasteiger partial charge in [0.05, 0.1) is 6.54 Å². The fourth-order valence-corrected chi connectivity index (χ4v) is 4.38. The van der Waals surface area contributed by atoms with Crippen LogP contribution in [0.4, 0.5) is 4.79 Å². The Morgan fingerprint density at radius 2 is 1.82 bits per heavy atom. The lowest BCUT2D eigenvalue weighted by Crippen LogP contribution is -2.59. The molecule has 0 bridgehead atoms. The summed E-state index contributed by atoms with van der Waals surface area (Å²) >= 11 is 0. The van der Waals surface area contributed by atoms with Crippen LogP contribution in [0, 0.1) is 0 Å². The summed E-state index contributed by atoms with van der Waals surface area (Å²) in [6, 6.07) is 7.23. The first kappa shape index (κ1) is 23.3. The summed E-state index contributed by atoms with van der Waals surface area (Å²) in [5.41, 5.74) is -0.115. The maximum atomic E-state index is 13.3. The minimum Gasteiger partial charge on any atom is -0.494 e. The maximum absolute atomic E-state index is 13.3. The Balaban J connectivity index is 1.65. The first-order valence-corrected chi connectivity index (χ1v) is 11.0. The molecule has 11 heteroatoms. The maximum Gasteiger partial charge on any atom is 0.329 e. The minimum absolute atomic E-state index is 0.0268. The molecule has 1 fully saturated rings. The average Bonchev–Trinajstić information content (AvgIpc) is 3.25. The van der Waals surface area contributed by atoms with E-state index >= 15 is 0 Å². The van der Waals surface area contributed by atoms with Crippen LogP contribution in [0.1, 0.15) is 42.7 Å². The van der Waals surface area contributed by atoms with E-state index in [9.17, 15) is 29.4 Å². The average molecular weight is 471 g/mol. The van der Waals surface area contributed by atoms with E-state index in [0.717, 1.165) is 29.1 Å². The molecule has 2 heterocycles. The van der Waals surface area contributed by atoms with Gasteiger partial charge in [-0.3, -0.25) is 24.2 Å². The Kier molecular flexibility index (Phi) is 6.55. The van der Waals surface area contributed by atoms with Crippen LogP contribution < -0.4 is 5.32 Å². The predicted molar refractivity (Wildman–Crippen MR) is 118 cm³/mol. The van der Waals surface area contributed by atoms with Crippen LogP contribution in [0.15, 0.2) is 46.2 Å². The van der Waals surface area contributed by atoms with E-state index in [0.29, 0.717) is 23.8 Å². The number of Topliss-reactive ketones (excluding diaryl/α,β-unsaturated/α-hetero) is 1. The number of nitrogens with one attached hydrogen (secondary N) is 1. The number of para-hydroxylation sites is 1. The van der Waals surface area contributed by atoms with Gasteiger partial charge in [-0.15, -0.1) is 0 Å². The SMILES string of the molecule is O=C(O)CNC(=O)C1=C(O)N(C2CCCCC2)C(=O)N(CC(=O)c2cc3ccccc3o2)[C@H]1O. The topological polar surface area (TPSA) is 161 Å². The van der Waals surface area contributed by atoms with Crippen LogP contribution in [-0.2, 0) is 9.59 Å². The van der Waals surface area contributed by atoms with Crippen molar-refractivity contribution < 1.29 is 38.9 Å². The van der Waals surface area contributed by atoms with Crippen molar-refractivity contribution in [2.45, 2.75) is 44.4 Å². The van der Waals surface area contributed by atoms with Crippen LogP contribution in [0.25, 0.3) is 11.0 Å². The Morgan fingerprint density at radius 1 is 1.12 bits per heavy atom. The summed E-state index contributed by atoms with van der Waals surface area (Å²) in [7, 11) is 0. The summed E-state index contributed by atoms with van der Waals surface area (Å²) < 4.78 is 5.56. The number of hydrogen-bond donors (Lipinski definition) is 4. The van der Waals surface area contributed by atoms with Gasteiger partial charge in [-0.05, 0) is 25.0 Å². The molecule has 2 aromatic rings. The molecule has 2 aliphatic rings. The van der Waals surface area contributed by atoms with Gasteiger partial charge in [-0.1, -0.05) is 37.5 Å². The lowest BCUT2D eigenvalue weighted by Gasteiger charge is -2.42. The standard InChI is InChI=1S/C23H25N3O8/c27-15(17-10-13-6-4-5-9-16(13)34-17)12-25-21(31)19(20(30)24-11-18(28)29)22(32)26(23(25)33)14-7-2-1-3-8-14/h4-6,9-10,14,21,31-32H,1-3,7-8,11-12H2,(H,24,30)(H,28,29)/t21-/m0/s1. The molecule has 3 amide bonds. The second kappa shape index (κ2) is 9.56. The number of amides is 3. The van der Waals surface area contributed by atoms with Gasteiger partial charge >= 0.3 is 12.0 Å². The van der Waals surface area contributed by atoms with Gasteiger partial charge in [-0.25, -0.2) is 4.79 Å². The number of aliphatic hydroxyl groups excluding tert-OH is 2. The summed E-state index contributed by atoms with van der Waals surface area (Å²) in [5.74, 6) is -3.75. The molecule has 4 rings (SSSR count). The molecule has 1 atom stereocenters. The molecule has 1 saturated carbocycles. The Morgan fingerprint density at radius 3 is 2.50 bits per heavy atom. The van der Waals surface area contributed by atoms with Gasteiger partial charge in [-0.2, -0.15) is 0 Å². The number of fused-ring (bicyclic) bond motifs is 1. The van der Waals surface area contributed by atoms with Crippen LogP contribution in [-0.4, -0.2) is 74.2 Å². The molecule has 1 aliphatic carbocycles. The summed E-state index contributed by atoms with van der Waals surface area (Å²) in [6.07, 6.45) is 1.76. The number of nitrogens with zero attached hydrogens (tertiary/aromatic N) is 2. The molecule has 1 aromatic heterocycles. The zero-order valence-corrected chi connectivity index (χ0v) is 18.3. The number of aliphatic carboxylic acids is 1. The van der Waals surface area contributed by atoms with Crippen molar-refractivity contribution in [3.05, 3.63) is 47.5 Å². The smallest absolute Gasteiger partial charge is 0.329 e. The zero-order valence-electron chi connectivity index (χ0n) is 18.3. The Hall–Kier alpha value is -3.86. The highest BCUT2D eigenvalue weighted by Gasteiger charge is 2.45. The van der Waals surface area contributed by atoms with Gasteiger partial charge in [0, 0.05) is 11.4 Å². The zero-order chi connectivity index (χ0) is 24.4. The van der Waals surface area contributed by atoms with Gasteiger partial charge in [0.1, 0.15) is 17.7 Å². The third kappa shape index (κ3) is 4.46. The normalized spacial score (nSPS) is 19.6.